The number of nitrogens with one attached hydrogen (secondary N) is 2. The SMILES string of the molecule is CC(NC(=O)c1c(N)nn2c1NCC=C2)c1nc2cccc(C#Cc3cnn(C)c3)c2cc1-c1ccccc1. The highest BCUT2D eigenvalue weighted by Gasteiger charge is 2.25. The lowest BCUT2D eigenvalue weighted by Gasteiger charge is -2.19. The van der Waals surface area contributed by atoms with Crippen molar-refractivity contribution < 1.29 is 4.79 Å². The average molecular weight is 515 g/mol. The normalized spacial score (nSPS) is 12.8. The second-order valence-electron chi connectivity index (χ2n) is 9.33. The Morgan fingerprint density at radius 2 is 2.00 bits per heavy atom. The predicted molar refractivity (Wildman–Crippen MR) is 153 cm³/mol. The van der Waals surface area contributed by atoms with E-state index in [1.54, 1.807) is 21.8 Å². The highest BCUT2D eigenvalue weighted by molar-refractivity contribution is 6.04. The van der Waals surface area contributed by atoms with Gasteiger partial charge in [-0.2, -0.15) is 5.10 Å². The van der Waals surface area contributed by atoms with Crippen molar-refractivity contribution in [3.05, 3.63) is 95.5 Å². The first-order valence-corrected chi connectivity index (χ1v) is 12.6. The lowest BCUT2D eigenvalue weighted by molar-refractivity contribution is 0.0941. The van der Waals surface area contributed by atoms with Crippen LogP contribution in [0.15, 0.2) is 73.1 Å². The molecule has 9 nitrogen and oxygen atoms in total. The maximum atomic E-state index is 13.4. The van der Waals surface area contributed by atoms with Gasteiger partial charge in [0.1, 0.15) is 11.4 Å². The molecule has 39 heavy (non-hydrogen) atoms. The summed E-state index contributed by atoms with van der Waals surface area (Å²) in [5.74, 6) is 6.90. The van der Waals surface area contributed by atoms with Crippen LogP contribution in [-0.2, 0) is 7.05 Å². The van der Waals surface area contributed by atoms with E-state index in [1.165, 1.54) is 0 Å². The summed E-state index contributed by atoms with van der Waals surface area (Å²) in [5, 5.41) is 15.7. The molecule has 0 radical (unpaired) electrons. The summed E-state index contributed by atoms with van der Waals surface area (Å²) in [6, 6.07) is 17.6. The van der Waals surface area contributed by atoms with E-state index in [-0.39, 0.29) is 11.7 Å². The van der Waals surface area contributed by atoms with E-state index in [0.29, 0.717) is 17.9 Å². The number of carbonyl (C=O) groups is 1. The molecule has 192 valence electrons. The summed E-state index contributed by atoms with van der Waals surface area (Å²) in [4.78, 5) is 18.4. The minimum Gasteiger partial charge on any atom is -0.381 e. The van der Waals surface area contributed by atoms with Gasteiger partial charge in [-0.25, -0.2) is 9.67 Å². The highest BCUT2D eigenvalue weighted by Crippen LogP contribution is 2.32. The molecule has 1 aliphatic heterocycles. The molecule has 1 amide bonds. The van der Waals surface area contributed by atoms with Gasteiger partial charge in [-0.3, -0.25) is 9.48 Å². The topological polar surface area (TPSA) is 116 Å². The molecule has 0 saturated heterocycles. The van der Waals surface area contributed by atoms with Gasteiger partial charge >= 0.3 is 0 Å². The minimum atomic E-state index is -0.420. The average Bonchev–Trinajstić information content (AvgIpc) is 3.52. The van der Waals surface area contributed by atoms with Crippen molar-refractivity contribution in [2.24, 2.45) is 7.05 Å². The van der Waals surface area contributed by atoms with Gasteiger partial charge in [0.25, 0.3) is 5.91 Å². The number of nitrogen functional groups attached to an aromatic ring is 1. The third kappa shape index (κ3) is 4.60. The van der Waals surface area contributed by atoms with Crippen molar-refractivity contribution >= 4 is 34.6 Å². The zero-order chi connectivity index (χ0) is 26.9. The zero-order valence-corrected chi connectivity index (χ0v) is 21.5. The first kappa shape index (κ1) is 24.0. The Bertz CT molecular complexity index is 1800. The number of hydrogen-bond acceptors (Lipinski definition) is 6. The van der Waals surface area contributed by atoms with Gasteiger partial charge in [-0.05, 0) is 36.8 Å². The molecule has 0 saturated carbocycles. The standard InChI is InChI=1S/C30H26N8O/c1-19(34-30(39)26-28(31)36-38-15-7-14-32-29(26)38)27-24(21-8-4-3-5-9-21)16-23-22(10-6-11-25(23)35-27)13-12-20-17-33-37(2)18-20/h3-11,15-19,32H,14H2,1-2H3,(H2,31,36)(H,34,39). The molecular formula is C30H26N8O. The van der Waals surface area contributed by atoms with Crippen LogP contribution in [-0.4, -0.2) is 37.0 Å². The number of amides is 1. The fourth-order valence-corrected chi connectivity index (χ4v) is 4.72. The molecule has 0 bridgehead atoms. The Morgan fingerprint density at radius 1 is 1.15 bits per heavy atom. The summed E-state index contributed by atoms with van der Waals surface area (Å²) in [6.45, 7) is 2.52. The number of aromatic nitrogens is 5. The molecule has 0 aliphatic carbocycles. The molecule has 3 aromatic heterocycles. The van der Waals surface area contributed by atoms with Crippen LogP contribution < -0.4 is 16.4 Å². The molecule has 1 atom stereocenters. The van der Waals surface area contributed by atoms with E-state index >= 15 is 0 Å². The number of pyridine rings is 1. The van der Waals surface area contributed by atoms with E-state index in [1.807, 2.05) is 74.8 Å². The van der Waals surface area contributed by atoms with Crippen LogP contribution in [0.25, 0.3) is 28.2 Å². The third-order valence-corrected chi connectivity index (χ3v) is 6.58. The molecular weight excluding hydrogens is 488 g/mol. The lowest BCUT2D eigenvalue weighted by atomic mass is 9.96. The van der Waals surface area contributed by atoms with Crippen molar-refractivity contribution in [1.29, 1.82) is 0 Å². The smallest absolute Gasteiger partial charge is 0.259 e. The van der Waals surface area contributed by atoms with Crippen LogP contribution in [0.4, 0.5) is 11.6 Å². The van der Waals surface area contributed by atoms with Gasteiger partial charge in [-0.1, -0.05) is 48.2 Å². The Kier molecular flexibility index (Phi) is 6.05. The number of hydrogen-bond donors (Lipinski definition) is 3. The van der Waals surface area contributed by atoms with Crippen LogP contribution in [0, 0.1) is 11.8 Å². The van der Waals surface area contributed by atoms with Gasteiger partial charge in [-0.15, -0.1) is 5.10 Å². The van der Waals surface area contributed by atoms with Gasteiger partial charge in [0.15, 0.2) is 5.82 Å². The first-order chi connectivity index (χ1) is 19.0. The van der Waals surface area contributed by atoms with Crippen molar-refractivity contribution in [3.8, 4) is 23.0 Å². The highest BCUT2D eigenvalue weighted by atomic mass is 16.1. The second kappa shape index (κ2) is 9.84. The first-order valence-electron chi connectivity index (χ1n) is 12.6. The molecule has 9 heteroatoms. The van der Waals surface area contributed by atoms with Crippen molar-refractivity contribution in [2.75, 3.05) is 17.6 Å². The largest absolute Gasteiger partial charge is 0.381 e. The number of fused-ring (bicyclic) bond motifs is 2. The summed E-state index contributed by atoms with van der Waals surface area (Å²) in [5.41, 5.74) is 11.6. The van der Waals surface area contributed by atoms with E-state index in [0.717, 1.165) is 38.9 Å². The number of anilines is 2. The monoisotopic (exact) mass is 514 g/mol. The van der Waals surface area contributed by atoms with E-state index in [4.69, 9.17) is 10.7 Å². The van der Waals surface area contributed by atoms with Crippen LogP contribution in [0.5, 0.6) is 0 Å². The number of aryl methyl sites for hydroxylation is 1. The molecule has 0 fully saturated rings. The molecule has 6 rings (SSSR count). The third-order valence-electron chi connectivity index (χ3n) is 6.58. The van der Waals surface area contributed by atoms with Crippen LogP contribution in [0.3, 0.4) is 0 Å². The van der Waals surface area contributed by atoms with Gasteiger partial charge in [0.2, 0.25) is 0 Å². The Labute approximate surface area is 225 Å². The number of benzene rings is 2. The fourth-order valence-electron chi connectivity index (χ4n) is 4.72. The number of nitrogens with zero attached hydrogens (tertiary/aromatic N) is 5. The zero-order valence-electron chi connectivity index (χ0n) is 21.5. The van der Waals surface area contributed by atoms with Gasteiger partial charge in [0, 0.05) is 42.5 Å². The number of rotatable bonds is 4. The van der Waals surface area contributed by atoms with Gasteiger partial charge in [0.05, 0.1) is 29.0 Å². The second-order valence-corrected chi connectivity index (χ2v) is 9.33. The quantitative estimate of drug-likeness (QED) is 0.310. The molecule has 4 N–H and O–H groups in total. The van der Waals surface area contributed by atoms with Crippen LogP contribution in [0.2, 0.25) is 0 Å². The summed E-state index contributed by atoms with van der Waals surface area (Å²) in [6.07, 6.45) is 7.31. The van der Waals surface area contributed by atoms with E-state index in [9.17, 15) is 4.79 Å². The summed E-state index contributed by atoms with van der Waals surface area (Å²) >= 11 is 0. The fraction of sp³-hybridized carbons (Fsp3) is 0.133. The molecule has 1 unspecified atom stereocenters. The van der Waals surface area contributed by atoms with Crippen molar-refractivity contribution in [1.82, 2.24) is 29.9 Å². The van der Waals surface area contributed by atoms with Gasteiger partial charge < -0.3 is 16.4 Å². The van der Waals surface area contributed by atoms with Crippen molar-refractivity contribution in [2.45, 2.75) is 13.0 Å². The number of carbonyl (C=O) groups excluding carboxylic acids is 1. The van der Waals surface area contributed by atoms with E-state index in [2.05, 4.69) is 38.7 Å². The molecule has 5 aromatic rings. The minimum absolute atomic E-state index is 0.167. The van der Waals surface area contributed by atoms with Crippen molar-refractivity contribution in [3.63, 3.8) is 0 Å². The predicted octanol–water partition coefficient (Wildman–Crippen LogP) is 4.20. The molecule has 4 heterocycles. The van der Waals surface area contributed by atoms with E-state index < -0.39 is 6.04 Å². The maximum Gasteiger partial charge on any atom is 0.259 e. The summed E-state index contributed by atoms with van der Waals surface area (Å²) < 4.78 is 3.31. The summed E-state index contributed by atoms with van der Waals surface area (Å²) in [7, 11) is 1.87. The molecule has 2 aromatic carbocycles. The Morgan fingerprint density at radius 3 is 2.79 bits per heavy atom. The maximum absolute atomic E-state index is 13.4. The van der Waals surface area contributed by atoms with Crippen LogP contribution in [0.1, 0.15) is 40.1 Å². The molecule has 0 spiro atoms. The number of nitrogens with two attached hydrogens (primary N) is 1. The Hall–Kier alpha value is -5.36. The van der Waals surface area contributed by atoms with Crippen LogP contribution >= 0.6 is 0 Å². The molecule has 1 aliphatic rings. The Balaban J connectivity index is 1.41. The lowest BCUT2D eigenvalue weighted by Crippen LogP contribution is -2.29.